The lowest BCUT2D eigenvalue weighted by Gasteiger charge is -2.13. The van der Waals surface area contributed by atoms with E-state index in [1.807, 2.05) is 31.2 Å². The second kappa shape index (κ2) is 8.79. The highest BCUT2D eigenvalue weighted by atomic mass is 79.9. The van der Waals surface area contributed by atoms with Crippen LogP contribution in [0.1, 0.15) is 22.8 Å². The summed E-state index contributed by atoms with van der Waals surface area (Å²) >= 11 is 3.38. The average molecular weight is 446 g/mol. The van der Waals surface area contributed by atoms with E-state index in [0.717, 1.165) is 16.5 Å². The average Bonchev–Trinajstić information content (AvgIpc) is 3.10. The third-order valence-electron chi connectivity index (χ3n) is 4.12. The number of H-pyrrole nitrogens is 1. The number of aromatic amines is 1. The van der Waals surface area contributed by atoms with E-state index < -0.39 is 5.91 Å². The number of amides is 2. The van der Waals surface area contributed by atoms with Gasteiger partial charge in [-0.1, -0.05) is 18.2 Å². The van der Waals surface area contributed by atoms with Gasteiger partial charge in [0, 0.05) is 22.7 Å². The first-order valence-electron chi connectivity index (χ1n) is 8.68. The van der Waals surface area contributed by atoms with Crippen molar-refractivity contribution < 1.29 is 19.1 Å². The van der Waals surface area contributed by atoms with Crippen molar-refractivity contribution in [3.63, 3.8) is 0 Å². The van der Waals surface area contributed by atoms with Gasteiger partial charge in [0.2, 0.25) is 5.91 Å². The molecule has 2 amide bonds. The van der Waals surface area contributed by atoms with Crippen LogP contribution in [0.3, 0.4) is 0 Å². The van der Waals surface area contributed by atoms with Crippen molar-refractivity contribution in [3.8, 4) is 11.5 Å². The lowest BCUT2D eigenvalue weighted by atomic mass is 10.1. The van der Waals surface area contributed by atoms with Crippen molar-refractivity contribution in [1.29, 1.82) is 0 Å². The number of para-hydroxylation sites is 1. The molecule has 0 aliphatic rings. The third kappa shape index (κ3) is 4.28. The van der Waals surface area contributed by atoms with E-state index in [0.29, 0.717) is 28.1 Å². The highest BCUT2D eigenvalue weighted by Crippen LogP contribution is 2.36. The lowest BCUT2D eigenvalue weighted by Crippen LogP contribution is -2.42. The summed E-state index contributed by atoms with van der Waals surface area (Å²) in [7, 11) is 1.49. The molecule has 0 radical (unpaired) electrons. The zero-order valence-corrected chi connectivity index (χ0v) is 17.1. The zero-order valence-electron chi connectivity index (χ0n) is 15.5. The Kier molecular flexibility index (Phi) is 6.20. The number of nitrogens with one attached hydrogen (secondary N) is 3. The van der Waals surface area contributed by atoms with Crippen molar-refractivity contribution >= 4 is 38.6 Å². The van der Waals surface area contributed by atoms with Crippen LogP contribution in [0.25, 0.3) is 10.9 Å². The fraction of sp³-hybridized carbons (Fsp3) is 0.200. The predicted molar refractivity (Wildman–Crippen MR) is 109 cm³/mol. The maximum atomic E-state index is 12.4. The Balaban J connectivity index is 1.65. The van der Waals surface area contributed by atoms with Gasteiger partial charge in [0.15, 0.2) is 11.5 Å². The first-order valence-corrected chi connectivity index (χ1v) is 9.47. The van der Waals surface area contributed by atoms with E-state index in [2.05, 4.69) is 31.8 Å². The second-order valence-electron chi connectivity index (χ2n) is 5.96. The minimum atomic E-state index is -0.464. The van der Waals surface area contributed by atoms with Gasteiger partial charge in [0.25, 0.3) is 5.91 Å². The Bertz CT molecular complexity index is 1020. The number of hydrogen-bond donors (Lipinski definition) is 3. The van der Waals surface area contributed by atoms with Gasteiger partial charge in [-0.15, -0.1) is 0 Å². The molecule has 1 aromatic heterocycles. The highest BCUT2D eigenvalue weighted by Gasteiger charge is 2.16. The summed E-state index contributed by atoms with van der Waals surface area (Å²) in [5.74, 6) is 0.154. The Morgan fingerprint density at radius 1 is 1.18 bits per heavy atom. The minimum absolute atomic E-state index is 0.139. The van der Waals surface area contributed by atoms with E-state index in [1.165, 1.54) is 7.11 Å². The number of hydrogen-bond acceptors (Lipinski definition) is 4. The number of hydrazine groups is 1. The molecule has 0 aliphatic heterocycles. The maximum absolute atomic E-state index is 12.4. The quantitative estimate of drug-likeness (QED) is 0.507. The van der Waals surface area contributed by atoms with Gasteiger partial charge >= 0.3 is 0 Å². The minimum Gasteiger partial charge on any atom is -0.493 e. The fourth-order valence-electron chi connectivity index (χ4n) is 2.83. The van der Waals surface area contributed by atoms with Crippen LogP contribution in [-0.4, -0.2) is 30.5 Å². The molecule has 1 heterocycles. The van der Waals surface area contributed by atoms with Crippen molar-refractivity contribution in [2.45, 2.75) is 13.3 Å². The van der Waals surface area contributed by atoms with Gasteiger partial charge in [-0.3, -0.25) is 20.4 Å². The van der Waals surface area contributed by atoms with Gasteiger partial charge in [0.05, 0.1) is 24.6 Å². The van der Waals surface area contributed by atoms with E-state index in [4.69, 9.17) is 9.47 Å². The van der Waals surface area contributed by atoms with Crippen LogP contribution in [0.5, 0.6) is 11.5 Å². The number of halogens is 1. The lowest BCUT2D eigenvalue weighted by molar-refractivity contribution is -0.121. The van der Waals surface area contributed by atoms with Crippen LogP contribution in [0, 0.1) is 0 Å². The van der Waals surface area contributed by atoms with Crippen LogP contribution in [-0.2, 0) is 11.2 Å². The van der Waals surface area contributed by atoms with Gasteiger partial charge in [0.1, 0.15) is 0 Å². The Morgan fingerprint density at radius 3 is 2.71 bits per heavy atom. The number of carbonyl (C=O) groups excluding carboxylic acids is 2. The number of ether oxygens (including phenoxy) is 2. The molecule has 0 atom stereocenters. The standard InChI is InChI=1S/C20H20BrN3O4/c1-3-28-19-15(21)8-12(9-17(19)27-2)20(26)24-23-18(25)10-13-11-22-16-7-5-4-6-14(13)16/h4-9,11,22H,3,10H2,1-2H3,(H,23,25)(H,24,26). The number of rotatable bonds is 6. The van der Waals surface area contributed by atoms with Crippen molar-refractivity contribution in [2.75, 3.05) is 13.7 Å². The fourth-order valence-corrected chi connectivity index (χ4v) is 3.39. The molecular weight excluding hydrogens is 426 g/mol. The highest BCUT2D eigenvalue weighted by molar-refractivity contribution is 9.10. The summed E-state index contributed by atoms with van der Waals surface area (Å²) in [5, 5.41) is 0.976. The zero-order chi connectivity index (χ0) is 20.1. The van der Waals surface area contributed by atoms with Crippen molar-refractivity contribution in [3.05, 3.63) is 58.2 Å². The molecule has 7 nitrogen and oxygen atoms in total. The van der Waals surface area contributed by atoms with E-state index in [9.17, 15) is 9.59 Å². The predicted octanol–water partition coefficient (Wildman–Crippen LogP) is 3.34. The SMILES string of the molecule is CCOc1c(Br)cc(C(=O)NNC(=O)Cc2c[nH]c3ccccc23)cc1OC. The molecule has 2 aromatic carbocycles. The molecule has 0 fully saturated rings. The molecule has 146 valence electrons. The first-order chi connectivity index (χ1) is 13.5. The molecule has 3 N–H and O–H groups in total. The van der Waals surface area contributed by atoms with E-state index >= 15 is 0 Å². The third-order valence-corrected chi connectivity index (χ3v) is 4.71. The summed E-state index contributed by atoms with van der Waals surface area (Å²) in [6, 6.07) is 10.9. The smallest absolute Gasteiger partial charge is 0.269 e. The van der Waals surface area contributed by atoms with Gasteiger partial charge in [-0.05, 0) is 46.6 Å². The van der Waals surface area contributed by atoms with Crippen molar-refractivity contribution in [2.24, 2.45) is 0 Å². The molecule has 28 heavy (non-hydrogen) atoms. The van der Waals surface area contributed by atoms with Gasteiger partial charge < -0.3 is 14.5 Å². The number of benzene rings is 2. The van der Waals surface area contributed by atoms with E-state index in [1.54, 1.807) is 18.3 Å². The molecule has 3 aromatic rings. The van der Waals surface area contributed by atoms with Gasteiger partial charge in [-0.25, -0.2) is 0 Å². The summed E-state index contributed by atoms with van der Waals surface area (Å²) in [4.78, 5) is 27.8. The molecular formula is C20H20BrN3O4. The van der Waals surface area contributed by atoms with Crippen LogP contribution < -0.4 is 20.3 Å². The van der Waals surface area contributed by atoms with E-state index in [-0.39, 0.29) is 12.3 Å². The van der Waals surface area contributed by atoms with Crippen LogP contribution in [0.4, 0.5) is 0 Å². The Labute approximate surface area is 170 Å². The number of methoxy groups -OCH3 is 1. The summed E-state index contributed by atoms with van der Waals surface area (Å²) in [6.45, 7) is 2.32. The van der Waals surface area contributed by atoms with Crippen molar-refractivity contribution in [1.82, 2.24) is 15.8 Å². The molecule has 0 saturated carbocycles. The van der Waals surface area contributed by atoms with Gasteiger partial charge in [-0.2, -0.15) is 0 Å². The van der Waals surface area contributed by atoms with Crippen LogP contribution >= 0.6 is 15.9 Å². The first kappa shape index (κ1) is 19.8. The van der Waals surface area contributed by atoms with Crippen LogP contribution in [0.2, 0.25) is 0 Å². The number of carbonyl (C=O) groups is 2. The molecule has 0 bridgehead atoms. The number of fused-ring (bicyclic) bond motifs is 1. The Hall–Kier alpha value is -3.00. The molecule has 0 spiro atoms. The second-order valence-corrected chi connectivity index (χ2v) is 6.82. The molecule has 0 unspecified atom stereocenters. The topological polar surface area (TPSA) is 92.5 Å². The monoisotopic (exact) mass is 445 g/mol. The summed E-state index contributed by atoms with van der Waals surface area (Å²) < 4.78 is 11.4. The summed E-state index contributed by atoms with van der Waals surface area (Å²) in [5.41, 5.74) is 7.00. The number of aromatic nitrogens is 1. The Morgan fingerprint density at radius 2 is 1.96 bits per heavy atom. The normalized spacial score (nSPS) is 10.5. The molecule has 3 rings (SSSR count). The maximum Gasteiger partial charge on any atom is 0.269 e. The summed E-state index contributed by atoms with van der Waals surface area (Å²) in [6.07, 6.45) is 1.93. The molecule has 0 aliphatic carbocycles. The molecule has 8 heteroatoms. The largest absolute Gasteiger partial charge is 0.493 e. The molecule has 0 saturated heterocycles. The van der Waals surface area contributed by atoms with Crippen LogP contribution in [0.15, 0.2) is 47.1 Å².